The van der Waals surface area contributed by atoms with Crippen molar-refractivity contribution in [2.24, 2.45) is 0 Å². The Morgan fingerprint density at radius 3 is 2.93 bits per heavy atom. The van der Waals surface area contributed by atoms with Crippen LogP contribution in [0.2, 0.25) is 0 Å². The number of imide groups is 1. The lowest BCUT2D eigenvalue weighted by molar-refractivity contribution is -0.119. The van der Waals surface area contributed by atoms with Gasteiger partial charge in [-0.1, -0.05) is 23.9 Å². The molecule has 1 fully saturated rings. The highest BCUT2D eigenvalue weighted by atomic mass is 32.2. The van der Waals surface area contributed by atoms with Crippen LogP contribution in [-0.2, 0) is 20.8 Å². The van der Waals surface area contributed by atoms with E-state index in [0.717, 1.165) is 24.6 Å². The number of rotatable bonds is 5. The van der Waals surface area contributed by atoms with Gasteiger partial charge < -0.3 is 9.47 Å². The van der Waals surface area contributed by atoms with E-state index < -0.39 is 17.3 Å². The maximum absolute atomic E-state index is 13.0. The average Bonchev–Trinajstić information content (AvgIpc) is 3.17. The van der Waals surface area contributed by atoms with Gasteiger partial charge in [0.1, 0.15) is 0 Å². The van der Waals surface area contributed by atoms with Crippen molar-refractivity contribution in [2.45, 2.75) is 42.8 Å². The molecule has 0 spiro atoms. The van der Waals surface area contributed by atoms with Crippen LogP contribution in [0.15, 0.2) is 34.2 Å². The van der Waals surface area contributed by atoms with Gasteiger partial charge in [-0.05, 0) is 31.9 Å². The number of hydrogen-bond acceptors (Lipinski definition) is 7. The molecule has 9 heteroatoms. The number of ether oxygens (including phenoxy) is 2. The van der Waals surface area contributed by atoms with E-state index in [1.54, 1.807) is 35.8 Å². The maximum atomic E-state index is 13.0. The van der Waals surface area contributed by atoms with Gasteiger partial charge in [-0.25, -0.2) is 9.78 Å². The molecule has 1 aromatic carbocycles. The minimum absolute atomic E-state index is 0.0517. The Kier molecular flexibility index (Phi) is 6.12. The third kappa shape index (κ3) is 4.48. The Balaban J connectivity index is 1.93. The average molecular weight is 391 g/mol. The van der Waals surface area contributed by atoms with E-state index >= 15 is 0 Å². The van der Waals surface area contributed by atoms with E-state index in [9.17, 15) is 14.4 Å². The van der Waals surface area contributed by atoms with E-state index in [2.05, 4.69) is 15.0 Å². The summed E-state index contributed by atoms with van der Waals surface area (Å²) in [6.07, 6.45) is 0.961. The molecule has 2 amide bonds. The van der Waals surface area contributed by atoms with Crippen molar-refractivity contribution >= 4 is 34.7 Å². The van der Waals surface area contributed by atoms with E-state index in [4.69, 9.17) is 4.74 Å². The molecule has 3 rings (SSSR count). The second-order valence-corrected chi connectivity index (χ2v) is 7.51. The van der Waals surface area contributed by atoms with Gasteiger partial charge in [0.15, 0.2) is 5.16 Å². The fourth-order valence-electron chi connectivity index (χ4n) is 2.86. The molecule has 0 saturated carbocycles. The van der Waals surface area contributed by atoms with Gasteiger partial charge in [-0.15, -0.1) is 0 Å². The summed E-state index contributed by atoms with van der Waals surface area (Å²) < 4.78 is 11.7. The number of thioether (sulfide) groups is 1. The van der Waals surface area contributed by atoms with E-state index in [1.165, 1.54) is 7.11 Å². The largest absolute Gasteiger partial charge is 0.453 e. The van der Waals surface area contributed by atoms with Gasteiger partial charge in [0, 0.05) is 6.61 Å². The van der Waals surface area contributed by atoms with Gasteiger partial charge >= 0.3 is 6.09 Å². The fraction of sp³-hybridized carbons (Fsp3) is 0.444. The molecule has 0 unspecified atom stereocenters. The van der Waals surface area contributed by atoms with Crippen molar-refractivity contribution in [3.63, 3.8) is 0 Å². The Labute approximate surface area is 160 Å². The molecule has 27 heavy (non-hydrogen) atoms. The number of alkyl carbamates (subject to hydrolysis) is 1. The summed E-state index contributed by atoms with van der Waals surface area (Å²) in [7, 11) is 1.19. The van der Waals surface area contributed by atoms with Crippen LogP contribution in [0.4, 0.5) is 4.79 Å². The summed E-state index contributed by atoms with van der Waals surface area (Å²) in [5.74, 6) is -0.516. The lowest BCUT2D eigenvalue weighted by Gasteiger charge is -2.18. The number of nitrogens with zero attached hydrogens (tertiary/aromatic N) is 2. The van der Waals surface area contributed by atoms with Crippen molar-refractivity contribution in [1.29, 1.82) is 0 Å². The molecule has 2 aromatic rings. The number of benzene rings is 1. The van der Waals surface area contributed by atoms with Crippen LogP contribution in [0.1, 0.15) is 19.8 Å². The van der Waals surface area contributed by atoms with Crippen LogP contribution in [0.25, 0.3) is 10.9 Å². The predicted octanol–water partition coefficient (Wildman–Crippen LogP) is 1.94. The quantitative estimate of drug-likeness (QED) is 0.614. The third-order valence-corrected chi connectivity index (χ3v) is 5.39. The Morgan fingerprint density at radius 1 is 1.44 bits per heavy atom. The van der Waals surface area contributed by atoms with Gasteiger partial charge in [0.25, 0.3) is 5.56 Å². The maximum Gasteiger partial charge on any atom is 0.413 e. The summed E-state index contributed by atoms with van der Waals surface area (Å²) in [5.41, 5.74) is 0.397. The van der Waals surface area contributed by atoms with E-state index in [0.29, 0.717) is 29.2 Å². The predicted molar refractivity (Wildman–Crippen MR) is 101 cm³/mol. The monoisotopic (exact) mass is 391 g/mol. The SMILES string of the molecule is COC(=O)NC(=O)[C@H](C)Sc1nc2ccccc2c(=O)n1C[C@@H]1CCCO1. The zero-order valence-corrected chi connectivity index (χ0v) is 16.0. The summed E-state index contributed by atoms with van der Waals surface area (Å²) in [6.45, 7) is 2.70. The molecule has 0 aliphatic carbocycles. The van der Waals surface area contributed by atoms with Crippen molar-refractivity contribution in [2.75, 3.05) is 13.7 Å². The summed E-state index contributed by atoms with van der Waals surface area (Å²) >= 11 is 1.12. The first kappa shape index (κ1) is 19.4. The van der Waals surface area contributed by atoms with Crippen molar-refractivity contribution in [1.82, 2.24) is 14.9 Å². The first-order valence-electron chi connectivity index (χ1n) is 8.66. The zero-order valence-electron chi connectivity index (χ0n) is 15.1. The second-order valence-electron chi connectivity index (χ2n) is 6.20. The molecule has 1 aliphatic rings. The summed E-state index contributed by atoms with van der Waals surface area (Å²) in [4.78, 5) is 41.0. The summed E-state index contributed by atoms with van der Waals surface area (Å²) in [5, 5.41) is 2.43. The van der Waals surface area contributed by atoms with Gasteiger partial charge in [-0.2, -0.15) is 0 Å². The molecule has 144 valence electrons. The Morgan fingerprint density at radius 2 is 2.22 bits per heavy atom. The number of carbonyl (C=O) groups is 2. The highest BCUT2D eigenvalue weighted by Crippen LogP contribution is 2.24. The molecule has 1 aromatic heterocycles. The molecular weight excluding hydrogens is 370 g/mol. The second kappa shape index (κ2) is 8.53. The number of para-hydroxylation sites is 1. The van der Waals surface area contributed by atoms with Crippen LogP contribution >= 0.6 is 11.8 Å². The summed E-state index contributed by atoms with van der Waals surface area (Å²) in [6, 6.07) is 7.09. The van der Waals surface area contributed by atoms with Gasteiger partial charge in [0.2, 0.25) is 5.91 Å². The van der Waals surface area contributed by atoms with Crippen molar-refractivity contribution < 1.29 is 19.1 Å². The van der Waals surface area contributed by atoms with Crippen molar-refractivity contribution in [3.05, 3.63) is 34.6 Å². The normalized spacial score (nSPS) is 17.6. The van der Waals surface area contributed by atoms with Gasteiger partial charge in [-0.3, -0.25) is 19.5 Å². The third-order valence-electron chi connectivity index (χ3n) is 4.30. The molecule has 1 saturated heterocycles. The zero-order chi connectivity index (χ0) is 19.4. The minimum Gasteiger partial charge on any atom is -0.453 e. The first-order chi connectivity index (χ1) is 13.0. The van der Waals surface area contributed by atoms with Crippen LogP contribution in [0.5, 0.6) is 0 Å². The molecule has 2 heterocycles. The number of amides is 2. The topological polar surface area (TPSA) is 99.5 Å². The number of fused-ring (bicyclic) bond motifs is 1. The van der Waals surface area contributed by atoms with Crippen LogP contribution in [-0.4, -0.2) is 46.6 Å². The number of nitrogens with one attached hydrogen (secondary N) is 1. The molecule has 1 aliphatic heterocycles. The molecule has 8 nitrogen and oxygen atoms in total. The Bertz CT molecular complexity index is 907. The van der Waals surface area contributed by atoms with Crippen LogP contribution in [0.3, 0.4) is 0 Å². The Hall–Kier alpha value is -2.39. The molecule has 1 N–H and O–H groups in total. The number of aromatic nitrogens is 2. The van der Waals surface area contributed by atoms with Crippen LogP contribution < -0.4 is 10.9 Å². The van der Waals surface area contributed by atoms with E-state index in [1.807, 2.05) is 0 Å². The highest BCUT2D eigenvalue weighted by molar-refractivity contribution is 8.00. The molecule has 0 radical (unpaired) electrons. The highest BCUT2D eigenvalue weighted by Gasteiger charge is 2.24. The number of methoxy groups -OCH3 is 1. The number of carbonyl (C=O) groups excluding carboxylic acids is 2. The van der Waals surface area contributed by atoms with Gasteiger partial charge in [0.05, 0.1) is 35.9 Å². The standard InChI is InChI=1S/C18H21N3O5S/c1-11(15(22)20-18(24)25-2)27-17-19-14-8-4-3-7-13(14)16(23)21(17)10-12-6-5-9-26-12/h3-4,7-8,11-12H,5-6,9-10H2,1-2H3,(H,20,22,24)/t11-,12-/m0/s1. The molecular formula is C18H21N3O5S. The fourth-order valence-corrected chi connectivity index (χ4v) is 3.77. The molecule has 2 atom stereocenters. The number of hydrogen-bond donors (Lipinski definition) is 1. The minimum atomic E-state index is -0.823. The van der Waals surface area contributed by atoms with Crippen LogP contribution in [0, 0.1) is 0 Å². The van der Waals surface area contributed by atoms with Crippen molar-refractivity contribution in [3.8, 4) is 0 Å². The molecule has 0 bridgehead atoms. The lowest BCUT2D eigenvalue weighted by atomic mass is 10.2. The first-order valence-corrected chi connectivity index (χ1v) is 9.54. The lowest BCUT2D eigenvalue weighted by Crippen LogP contribution is -2.36. The van der Waals surface area contributed by atoms with E-state index in [-0.39, 0.29) is 11.7 Å². The smallest absolute Gasteiger partial charge is 0.413 e.